The average Bonchev–Trinajstić information content (AvgIpc) is 2.79. The van der Waals surface area contributed by atoms with E-state index in [1.54, 1.807) is 4.90 Å². The van der Waals surface area contributed by atoms with Gasteiger partial charge in [0.1, 0.15) is 0 Å². The summed E-state index contributed by atoms with van der Waals surface area (Å²) in [5.41, 5.74) is 2.52. The second-order valence-corrected chi connectivity index (χ2v) is 5.83. The molecule has 0 aliphatic heterocycles. The minimum absolute atomic E-state index is 0.00893. The Morgan fingerprint density at radius 1 is 1.15 bits per heavy atom. The fourth-order valence-corrected chi connectivity index (χ4v) is 3.44. The highest BCUT2D eigenvalue weighted by Crippen LogP contribution is 2.40. The van der Waals surface area contributed by atoms with Crippen LogP contribution in [0, 0.1) is 11.8 Å². The molecule has 2 aliphatic carbocycles. The van der Waals surface area contributed by atoms with E-state index in [0.717, 1.165) is 12.8 Å². The van der Waals surface area contributed by atoms with Crippen molar-refractivity contribution >= 4 is 11.9 Å². The van der Waals surface area contributed by atoms with Crippen molar-refractivity contribution in [1.29, 1.82) is 0 Å². The van der Waals surface area contributed by atoms with Gasteiger partial charge in [-0.05, 0) is 36.8 Å². The molecule has 0 aromatic heterocycles. The van der Waals surface area contributed by atoms with E-state index in [-0.39, 0.29) is 17.9 Å². The van der Waals surface area contributed by atoms with Crippen molar-refractivity contribution in [3.63, 3.8) is 0 Å². The number of carboxylic acids is 1. The number of aryl methyl sites for hydroxylation is 1. The van der Waals surface area contributed by atoms with E-state index in [0.29, 0.717) is 12.8 Å². The van der Waals surface area contributed by atoms with Crippen LogP contribution in [0.15, 0.2) is 24.3 Å². The monoisotopic (exact) mass is 273 g/mol. The number of rotatable bonds is 3. The minimum Gasteiger partial charge on any atom is -0.481 e. The molecular formula is C16H19NO3. The summed E-state index contributed by atoms with van der Waals surface area (Å²) in [6, 6.07) is 8.31. The molecule has 4 nitrogen and oxygen atoms in total. The van der Waals surface area contributed by atoms with Crippen molar-refractivity contribution < 1.29 is 14.7 Å². The lowest BCUT2D eigenvalue weighted by Gasteiger charge is -2.37. The first-order valence-electron chi connectivity index (χ1n) is 7.17. The molecule has 0 heterocycles. The smallest absolute Gasteiger partial charge is 0.307 e. The van der Waals surface area contributed by atoms with Crippen LogP contribution in [0.1, 0.15) is 36.4 Å². The van der Waals surface area contributed by atoms with Crippen LogP contribution in [0.4, 0.5) is 0 Å². The second-order valence-electron chi connectivity index (χ2n) is 5.83. The number of carbonyl (C=O) groups is 2. The van der Waals surface area contributed by atoms with Gasteiger partial charge in [0.25, 0.3) is 0 Å². The Morgan fingerprint density at radius 2 is 1.85 bits per heavy atom. The fraction of sp³-hybridized carbons (Fsp3) is 0.500. The number of carboxylic acid groups (broad SMARTS) is 1. The Kier molecular flexibility index (Phi) is 3.24. The summed E-state index contributed by atoms with van der Waals surface area (Å²) in [5, 5.41) is 9.09. The lowest BCUT2D eigenvalue weighted by atomic mass is 9.72. The highest BCUT2D eigenvalue weighted by molar-refractivity contribution is 5.86. The maximum atomic E-state index is 12.5. The molecule has 0 bridgehead atoms. The third kappa shape index (κ3) is 1.99. The van der Waals surface area contributed by atoms with E-state index in [4.69, 9.17) is 5.11 Å². The molecule has 3 unspecified atom stereocenters. The van der Waals surface area contributed by atoms with Gasteiger partial charge in [-0.25, -0.2) is 0 Å². The Hall–Kier alpha value is -1.84. The van der Waals surface area contributed by atoms with Crippen molar-refractivity contribution in [3.8, 4) is 0 Å². The topological polar surface area (TPSA) is 57.6 Å². The summed E-state index contributed by atoms with van der Waals surface area (Å²) in [6.45, 7) is 0. The molecule has 1 fully saturated rings. The number of nitrogens with zero attached hydrogens (tertiary/aromatic N) is 1. The van der Waals surface area contributed by atoms with Crippen LogP contribution >= 0.6 is 0 Å². The van der Waals surface area contributed by atoms with Gasteiger partial charge in [0.05, 0.1) is 17.9 Å². The number of aliphatic carboxylic acids is 1. The van der Waals surface area contributed by atoms with Crippen molar-refractivity contribution in [2.75, 3.05) is 7.05 Å². The lowest BCUT2D eigenvalue weighted by molar-refractivity contribution is -0.157. The van der Waals surface area contributed by atoms with Crippen LogP contribution in [0.25, 0.3) is 0 Å². The number of hydrogen-bond donors (Lipinski definition) is 1. The van der Waals surface area contributed by atoms with Crippen LogP contribution in [-0.2, 0) is 16.0 Å². The van der Waals surface area contributed by atoms with Crippen LogP contribution < -0.4 is 0 Å². The zero-order chi connectivity index (χ0) is 14.3. The van der Waals surface area contributed by atoms with Crippen molar-refractivity contribution in [3.05, 3.63) is 35.4 Å². The van der Waals surface area contributed by atoms with Crippen molar-refractivity contribution in [1.82, 2.24) is 4.90 Å². The number of fused-ring (bicyclic) bond motifs is 1. The number of benzene rings is 1. The van der Waals surface area contributed by atoms with Gasteiger partial charge in [-0.3, -0.25) is 9.59 Å². The molecule has 20 heavy (non-hydrogen) atoms. The van der Waals surface area contributed by atoms with Crippen molar-refractivity contribution in [2.45, 2.75) is 31.7 Å². The molecular weight excluding hydrogens is 254 g/mol. The Labute approximate surface area is 118 Å². The van der Waals surface area contributed by atoms with Crippen molar-refractivity contribution in [2.24, 2.45) is 11.8 Å². The maximum Gasteiger partial charge on any atom is 0.307 e. The third-order valence-corrected chi connectivity index (χ3v) is 4.83. The highest BCUT2D eigenvalue weighted by atomic mass is 16.4. The quantitative estimate of drug-likeness (QED) is 0.919. The molecule has 3 atom stereocenters. The summed E-state index contributed by atoms with van der Waals surface area (Å²) in [4.78, 5) is 25.3. The Bertz CT molecular complexity index is 554. The number of carbonyl (C=O) groups excluding carboxylic acids is 1. The number of amides is 1. The fourth-order valence-electron chi connectivity index (χ4n) is 3.44. The first-order chi connectivity index (χ1) is 9.59. The molecule has 1 amide bonds. The summed E-state index contributed by atoms with van der Waals surface area (Å²) >= 11 is 0. The molecule has 0 spiro atoms. The molecule has 1 aromatic carbocycles. The Balaban J connectivity index is 1.75. The maximum absolute atomic E-state index is 12.5. The largest absolute Gasteiger partial charge is 0.481 e. The van der Waals surface area contributed by atoms with Crippen LogP contribution in [0.5, 0.6) is 0 Å². The molecule has 1 N–H and O–H groups in total. The first kappa shape index (κ1) is 13.2. The molecule has 2 aliphatic rings. The summed E-state index contributed by atoms with van der Waals surface area (Å²) in [7, 11) is 1.81. The molecule has 1 saturated carbocycles. The minimum atomic E-state index is -0.838. The van der Waals surface area contributed by atoms with Crippen LogP contribution in [0.3, 0.4) is 0 Å². The molecule has 0 radical (unpaired) electrons. The zero-order valence-electron chi connectivity index (χ0n) is 11.6. The second kappa shape index (κ2) is 4.93. The third-order valence-electron chi connectivity index (χ3n) is 4.83. The summed E-state index contributed by atoms with van der Waals surface area (Å²) < 4.78 is 0. The van der Waals surface area contributed by atoms with E-state index in [2.05, 4.69) is 12.1 Å². The summed E-state index contributed by atoms with van der Waals surface area (Å²) in [6.07, 6.45) is 3.26. The van der Waals surface area contributed by atoms with Gasteiger partial charge in [0, 0.05) is 7.05 Å². The normalized spacial score (nSPS) is 27.6. The number of hydrogen-bond acceptors (Lipinski definition) is 2. The molecule has 1 aromatic rings. The predicted molar refractivity (Wildman–Crippen MR) is 74.1 cm³/mol. The standard InChI is InChI=1S/C16H19NO3/c1-17(15(18)12-7-8-13(12)16(19)20)14-9-6-10-4-2-3-5-11(10)14/h2-5,12-14H,6-9H2,1H3,(H,19,20). The first-order valence-corrected chi connectivity index (χ1v) is 7.17. The van der Waals surface area contributed by atoms with Gasteiger partial charge in [-0.15, -0.1) is 0 Å². The average molecular weight is 273 g/mol. The zero-order valence-corrected chi connectivity index (χ0v) is 11.6. The van der Waals surface area contributed by atoms with E-state index in [1.165, 1.54) is 11.1 Å². The summed E-state index contributed by atoms with van der Waals surface area (Å²) in [5.74, 6) is -1.66. The lowest BCUT2D eigenvalue weighted by Crippen LogP contribution is -2.45. The van der Waals surface area contributed by atoms with Crippen LogP contribution in [-0.4, -0.2) is 28.9 Å². The molecule has 3 rings (SSSR count). The van der Waals surface area contributed by atoms with Gasteiger partial charge in [-0.1, -0.05) is 24.3 Å². The molecule has 0 saturated heterocycles. The van der Waals surface area contributed by atoms with Gasteiger partial charge in [-0.2, -0.15) is 0 Å². The molecule has 106 valence electrons. The predicted octanol–water partition coefficient (Wildman–Crippen LogP) is 2.24. The van der Waals surface area contributed by atoms with E-state index >= 15 is 0 Å². The van der Waals surface area contributed by atoms with Gasteiger partial charge < -0.3 is 10.0 Å². The van der Waals surface area contributed by atoms with E-state index in [1.807, 2.05) is 19.2 Å². The SMILES string of the molecule is CN(C(=O)C1CCC1C(=O)O)C1CCc2ccccc21. The van der Waals surface area contributed by atoms with Gasteiger partial charge >= 0.3 is 5.97 Å². The van der Waals surface area contributed by atoms with E-state index < -0.39 is 11.9 Å². The highest BCUT2D eigenvalue weighted by Gasteiger charge is 2.44. The Morgan fingerprint density at radius 3 is 2.50 bits per heavy atom. The van der Waals surface area contributed by atoms with Gasteiger partial charge in [0.15, 0.2) is 0 Å². The molecule has 4 heteroatoms. The van der Waals surface area contributed by atoms with Gasteiger partial charge in [0.2, 0.25) is 5.91 Å². The van der Waals surface area contributed by atoms with E-state index in [9.17, 15) is 9.59 Å². The van der Waals surface area contributed by atoms with Crippen LogP contribution in [0.2, 0.25) is 0 Å².